The van der Waals surface area contributed by atoms with Crippen LogP contribution < -0.4 is 5.32 Å². The lowest BCUT2D eigenvalue weighted by Crippen LogP contribution is -2.57. The number of carbonyl (C=O) groups is 3. The lowest BCUT2D eigenvalue weighted by molar-refractivity contribution is -0.142. The number of aliphatic carboxylic acids is 1. The van der Waals surface area contributed by atoms with Crippen molar-refractivity contribution in [2.45, 2.75) is 62.9 Å². The molecular formula is C26H33N3O6S2. The maximum Gasteiger partial charge on any atom is 0.305 e. The summed E-state index contributed by atoms with van der Waals surface area (Å²) in [5, 5.41) is 14.2. The van der Waals surface area contributed by atoms with E-state index in [1.165, 1.54) is 16.2 Å². The molecule has 1 aromatic carbocycles. The summed E-state index contributed by atoms with van der Waals surface area (Å²) in [5.41, 5.74) is 0.580. The number of benzene rings is 1. The van der Waals surface area contributed by atoms with Gasteiger partial charge in [0.25, 0.3) is 5.91 Å². The second-order valence-corrected chi connectivity index (χ2v) is 12.6. The Morgan fingerprint density at radius 1 is 1.03 bits per heavy atom. The first-order valence-corrected chi connectivity index (χ1v) is 15.1. The van der Waals surface area contributed by atoms with Gasteiger partial charge < -0.3 is 15.3 Å². The van der Waals surface area contributed by atoms with Gasteiger partial charge in [-0.2, -0.15) is 4.31 Å². The molecule has 11 heteroatoms. The minimum Gasteiger partial charge on any atom is -0.481 e. The molecular weight excluding hydrogens is 514 g/mol. The van der Waals surface area contributed by atoms with Gasteiger partial charge in [-0.3, -0.25) is 14.4 Å². The molecule has 2 atom stereocenters. The highest BCUT2D eigenvalue weighted by Gasteiger charge is 2.46. The Morgan fingerprint density at radius 2 is 1.76 bits per heavy atom. The average Bonchev–Trinajstić information content (AvgIpc) is 3.55. The molecule has 2 amide bonds. The third kappa shape index (κ3) is 6.97. The van der Waals surface area contributed by atoms with Gasteiger partial charge in [0, 0.05) is 24.0 Å². The van der Waals surface area contributed by atoms with Crippen LogP contribution >= 0.6 is 11.3 Å². The number of thiophene rings is 1. The van der Waals surface area contributed by atoms with Crippen LogP contribution in [0.25, 0.3) is 0 Å². The fourth-order valence-electron chi connectivity index (χ4n) is 5.28. The minimum absolute atomic E-state index is 0.000140. The Kier molecular flexibility index (Phi) is 8.99. The van der Waals surface area contributed by atoms with Crippen LogP contribution in [0.2, 0.25) is 0 Å². The van der Waals surface area contributed by atoms with Gasteiger partial charge in [-0.15, -0.1) is 11.3 Å². The second-order valence-electron chi connectivity index (χ2n) is 9.68. The molecule has 0 radical (unpaired) electrons. The molecule has 1 aliphatic heterocycles. The topological polar surface area (TPSA) is 124 Å². The Labute approximate surface area is 221 Å². The van der Waals surface area contributed by atoms with Gasteiger partial charge in [0.15, 0.2) is 6.17 Å². The molecule has 0 bridgehead atoms. The molecule has 2 aliphatic rings. The Morgan fingerprint density at radius 3 is 2.41 bits per heavy atom. The van der Waals surface area contributed by atoms with Crippen molar-refractivity contribution in [2.24, 2.45) is 5.92 Å². The van der Waals surface area contributed by atoms with Crippen molar-refractivity contribution < 1.29 is 27.9 Å². The van der Waals surface area contributed by atoms with E-state index in [2.05, 4.69) is 5.32 Å². The lowest BCUT2D eigenvalue weighted by atomic mass is 9.82. The number of hydrogen-bond acceptors (Lipinski definition) is 6. The molecule has 9 nitrogen and oxygen atoms in total. The van der Waals surface area contributed by atoms with Crippen molar-refractivity contribution >= 4 is 39.1 Å². The smallest absolute Gasteiger partial charge is 0.305 e. The molecule has 1 aliphatic carbocycles. The Hall–Kier alpha value is -2.76. The van der Waals surface area contributed by atoms with Gasteiger partial charge in [0.2, 0.25) is 15.9 Å². The number of amides is 2. The van der Waals surface area contributed by atoms with E-state index in [1.54, 1.807) is 30.3 Å². The van der Waals surface area contributed by atoms with E-state index in [0.29, 0.717) is 5.56 Å². The SMILES string of the molecule is O=C(O)CC(NC(=O)C1N(C(=O)Cc2cccs2)CCN1S(=O)(=O)Cc1ccccc1)C1CCCCC1. The quantitative estimate of drug-likeness (QED) is 0.471. The van der Waals surface area contributed by atoms with Crippen molar-refractivity contribution in [3.63, 3.8) is 0 Å². The monoisotopic (exact) mass is 547 g/mol. The van der Waals surface area contributed by atoms with Crippen molar-refractivity contribution in [3.05, 3.63) is 58.3 Å². The van der Waals surface area contributed by atoms with Crippen LogP contribution in [0, 0.1) is 5.92 Å². The molecule has 1 saturated heterocycles. The lowest BCUT2D eigenvalue weighted by Gasteiger charge is -2.34. The molecule has 1 aromatic heterocycles. The summed E-state index contributed by atoms with van der Waals surface area (Å²) in [6, 6.07) is 11.7. The molecule has 2 unspecified atom stereocenters. The zero-order valence-electron chi connectivity index (χ0n) is 20.6. The number of carboxylic acids is 1. The van der Waals surface area contributed by atoms with Crippen LogP contribution in [-0.4, -0.2) is 65.8 Å². The summed E-state index contributed by atoms with van der Waals surface area (Å²) >= 11 is 1.42. The van der Waals surface area contributed by atoms with E-state index >= 15 is 0 Å². The summed E-state index contributed by atoms with van der Waals surface area (Å²) in [6.45, 7) is 0.0831. The zero-order valence-corrected chi connectivity index (χ0v) is 22.3. The molecule has 2 N–H and O–H groups in total. The first kappa shape index (κ1) is 27.3. The Bertz CT molecular complexity index is 1180. The molecule has 4 rings (SSSR count). The van der Waals surface area contributed by atoms with Crippen LogP contribution in [0.5, 0.6) is 0 Å². The summed E-state index contributed by atoms with van der Waals surface area (Å²) in [6.07, 6.45) is 3.06. The molecule has 2 aromatic rings. The van der Waals surface area contributed by atoms with Crippen LogP contribution in [0.4, 0.5) is 0 Å². The van der Waals surface area contributed by atoms with Gasteiger partial charge in [0.1, 0.15) is 0 Å². The van der Waals surface area contributed by atoms with E-state index < -0.39 is 34.1 Å². The number of hydrogen-bond donors (Lipinski definition) is 2. The maximum absolute atomic E-state index is 13.7. The van der Waals surface area contributed by atoms with Crippen LogP contribution in [0.1, 0.15) is 49.0 Å². The van der Waals surface area contributed by atoms with E-state index in [-0.39, 0.29) is 43.5 Å². The number of carboxylic acid groups (broad SMARTS) is 1. The largest absolute Gasteiger partial charge is 0.481 e. The fourth-order valence-corrected chi connectivity index (χ4v) is 7.63. The summed E-state index contributed by atoms with van der Waals surface area (Å²) in [7, 11) is -3.95. The zero-order chi connectivity index (χ0) is 26.4. The first-order chi connectivity index (χ1) is 17.7. The van der Waals surface area contributed by atoms with E-state index in [4.69, 9.17) is 0 Å². The highest BCUT2D eigenvalue weighted by atomic mass is 32.2. The molecule has 0 spiro atoms. The van der Waals surface area contributed by atoms with Crippen molar-refractivity contribution in [3.8, 4) is 0 Å². The van der Waals surface area contributed by atoms with E-state index in [0.717, 1.165) is 41.3 Å². The summed E-state index contributed by atoms with van der Waals surface area (Å²) in [4.78, 5) is 40.7. The minimum atomic E-state index is -3.95. The second kappa shape index (κ2) is 12.2. The van der Waals surface area contributed by atoms with Crippen LogP contribution in [0.3, 0.4) is 0 Å². The average molecular weight is 548 g/mol. The molecule has 2 fully saturated rings. The van der Waals surface area contributed by atoms with Crippen molar-refractivity contribution in [1.29, 1.82) is 0 Å². The summed E-state index contributed by atoms with van der Waals surface area (Å²) < 4.78 is 28.1. The van der Waals surface area contributed by atoms with Crippen molar-refractivity contribution in [2.75, 3.05) is 13.1 Å². The fraction of sp³-hybridized carbons (Fsp3) is 0.500. The predicted octanol–water partition coefficient (Wildman–Crippen LogP) is 2.83. The third-order valence-corrected chi connectivity index (χ3v) is 9.75. The Balaban J connectivity index is 1.60. The molecule has 37 heavy (non-hydrogen) atoms. The highest BCUT2D eigenvalue weighted by molar-refractivity contribution is 7.88. The molecule has 200 valence electrons. The number of carbonyl (C=O) groups excluding carboxylic acids is 2. The number of rotatable bonds is 10. The van der Waals surface area contributed by atoms with Crippen LogP contribution in [-0.2, 0) is 36.6 Å². The van der Waals surface area contributed by atoms with E-state index in [9.17, 15) is 27.9 Å². The standard InChI is InChI=1S/C26H33N3O6S2/c30-23(16-21-12-7-15-36-21)28-13-14-29(37(34,35)18-19-8-3-1-4-9-19)26(28)25(33)27-22(17-24(31)32)20-10-5-2-6-11-20/h1,3-4,7-9,12,15,20,22,26H,2,5-6,10-11,13-14,16-18H2,(H,27,33)(H,31,32). The van der Waals surface area contributed by atoms with Gasteiger partial charge in [0.05, 0.1) is 18.6 Å². The normalized spacial score (nSPS) is 20.0. The van der Waals surface area contributed by atoms with Gasteiger partial charge in [-0.05, 0) is 35.8 Å². The van der Waals surface area contributed by atoms with Crippen LogP contribution in [0.15, 0.2) is 47.8 Å². The molecule has 2 heterocycles. The number of sulfonamides is 1. The van der Waals surface area contributed by atoms with Gasteiger partial charge in [-0.25, -0.2) is 8.42 Å². The van der Waals surface area contributed by atoms with E-state index in [1.807, 2.05) is 17.5 Å². The third-order valence-electron chi connectivity index (χ3n) is 7.08. The number of nitrogens with zero attached hydrogens (tertiary/aromatic N) is 2. The maximum atomic E-state index is 13.7. The highest BCUT2D eigenvalue weighted by Crippen LogP contribution is 2.29. The first-order valence-electron chi connectivity index (χ1n) is 12.6. The van der Waals surface area contributed by atoms with Gasteiger partial charge >= 0.3 is 5.97 Å². The van der Waals surface area contributed by atoms with Crippen molar-refractivity contribution in [1.82, 2.24) is 14.5 Å². The van der Waals surface area contributed by atoms with Gasteiger partial charge in [-0.1, -0.05) is 55.7 Å². The molecule has 1 saturated carbocycles. The summed E-state index contributed by atoms with van der Waals surface area (Å²) in [5.74, 6) is -2.31. The number of nitrogens with one attached hydrogen (secondary N) is 1. The predicted molar refractivity (Wildman–Crippen MR) is 140 cm³/mol.